The molecule has 0 fully saturated rings. The maximum atomic E-state index is 12.8. The molecular weight excluding hydrogens is 380 g/mol. The van der Waals surface area contributed by atoms with Crippen molar-refractivity contribution in [3.05, 3.63) is 59.7 Å². The molecule has 1 N–H and O–H groups in total. The summed E-state index contributed by atoms with van der Waals surface area (Å²) in [5.41, 5.74) is 1.57. The Balaban J connectivity index is 2.10. The molecule has 2 aromatic rings. The number of sulfonamides is 1. The van der Waals surface area contributed by atoms with Gasteiger partial charge in [0.2, 0.25) is 15.9 Å². The van der Waals surface area contributed by atoms with Crippen LogP contribution in [0.2, 0.25) is 0 Å². The van der Waals surface area contributed by atoms with Crippen molar-refractivity contribution in [3.8, 4) is 11.5 Å². The SMILES string of the molecule is COc1ccc(CCNC(=O)[C@H](c2ccccc2)N(C)S(C)(=O)=O)cc1OC. The summed E-state index contributed by atoms with van der Waals surface area (Å²) in [6.07, 6.45) is 1.65. The van der Waals surface area contributed by atoms with Gasteiger partial charge in [-0.15, -0.1) is 0 Å². The molecule has 0 unspecified atom stereocenters. The molecule has 8 heteroatoms. The van der Waals surface area contributed by atoms with Crippen molar-refractivity contribution in [2.45, 2.75) is 12.5 Å². The summed E-state index contributed by atoms with van der Waals surface area (Å²) in [7, 11) is 0.990. The highest BCUT2D eigenvalue weighted by atomic mass is 32.2. The Hall–Kier alpha value is -2.58. The van der Waals surface area contributed by atoms with E-state index in [0.29, 0.717) is 30.0 Å². The first-order valence-corrected chi connectivity index (χ1v) is 10.6. The summed E-state index contributed by atoms with van der Waals surface area (Å²) < 4.78 is 35.6. The molecule has 28 heavy (non-hydrogen) atoms. The number of nitrogens with zero attached hydrogens (tertiary/aromatic N) is 1. The number of hydrogen-bond donors (Lipinski definition) is 1. The number of likely N-dealkylation sites (N-methyl/N-ethyl adjacent to an activating group) is 1. The van der Waals surface area contributed by atoms with Crippen LogP contribution in [0.5, 0.6) is 11.5 Å². The number of benzene rings is 2. The van der Waals surface area contributed by atoms with Crippen LogP contribution in [0, 0.1) is 0 Å². The molecule has 0 aliphatic rings. The molecule has 7 nitrogen and oxygen atoms in total. The molecule has 1 amide bonds. The third kappa shape index (κ3) is 5.46. The van der Waals surface area contributed by atoms with Crippen LogP contribution in [-0.4, -0.2) is 52.7 Å². The molecule has 2 aromatic carbocycles. The Kier molecular flexibility index (Phi) is 7.42. The quantitative estimate of drug-likeness (QED) is 0.688. The second-order valence-electron chi connectivity index (χ2n) is 6.32. The fourth-order valence-electron chi connectivity index (χ4n) is 2.82. The van der Waals surface area contributed by atoms with Crippen molar-refractivity contribution >= 4 is 15.9 Å². The third-order valence-electron chi connectivity index (χ3n) is 4.41. The molecule has 0 spiro atoms. The summed E-state index contributed by atoms with van der Waals surface area (Å²) in [5, 5.41) is 2.83. The summed E-state index contributed by atoms with van der Waals surface area (Å²) in [6.45, 7) is 0.356. The zero-order chi connectivity index (χ0) is 20.7. The van der Waals surface area contributed by atoms with Gasteiger partial charge in [-0.1, -0.05) is 36.4 Å². The minimum absolute atomic E-state index is 0.356. The van der Waals surface area contributed by atoms with Crippen LogP contribution in [0.3, 0.4) is 0 Å². The smallest absolute Gasteiger partial charge is 0.243 e. The summed E-state index contributed by atoms with van der Waals surface area (Å²) in [5.74, 6) is 0.874. The lowest BCUT2D eigenvalue weighted by Gasteiger charge is -2.25. The van der Waals surface area contributed by atoms with Crippen LogP contribution < -0.4 is 14.8 Å². The normalized spacial score (nSPS) is 12.5. The third-order valence-corrected chi connectivity index (χ3v) is 5.67. The van der Waals surface area contributed by atoms with Gasteiger partial charge < -0.3 is 14.8 Å². The predicted molar refractivity (Wildman–Crippen MR) is 108 cm³/mol. The fourth-order valence-corrected chi connectivity index (χ4v) is 3.42. The van der Waals surface area contributed by atoms with Gasteiger partial charge in [0.15, 0.2) is 11.5 Å². The summed E-state index contributed by atoms with van der Waals surface area (Å²) in [6, 6.07) is 13.5. The molecule has 2 rings (SSSR count). The Morgan fingerprint density at radius 2 is 1.71 bits per heavy atom. The van der Waals surface area contributed by atoms with Crippen molar-refractivity contribution in [1.82, 2.24) is 9.62 Å². The van der Waals surface area contributed by atoms with Crippen molar-refractivity contribution < 1.29 is 22.7 Å². The summed E-state index contributed by atoms with van der Waals surface area (Å²) >= 11 is 0. The largest absolute Gasteiger partial charge is 0.493 e. The van der Waals surface area contributed by atoms with E-state index >= 15 is 0 Å². The van der Waals surface area contributed by atoms with E-state index in [2.05, 4.69) is 5.32 Å². The van der Waals surface area contributed by atoms with Crippen molar-refractivity contribution in [3.63, 3.8) is 0 Å². The Bertz CT molecular complexity index is 900. The zero-order valence-corrected chi connectivity index (χ0v) is 17.3. The second-order valence-corrected chi connectivity index (χ2v) is 8.36. The average Bonchev–Trinajstić information content (AvgIpc) is 2.68. The molecule has 1 atom stereocenters. The van der Waals surface area contributed by atoms with Crippen LogP contribution in [0.25, 0.3) is 0 Å². The van der Waals surface area contributed by atoms with E-state index in [0.717, 1.165) is 16.1 Å². The van der Waals surface area contributed by atoms with Gasteiger partial charge in [0.05, 0.1) is 20.5 Å². The van der Waals surface area contributed by atoms with Gasteiger partial charge in [-0.2, -0.15) is 4.31 Å². The van der Waals surface area contributed by atoms with E-state index in [1.807, 2.05) is 18.2 Å². The predicted octanol–water partition coefficient (Wildman–Crippen LogP) is 2.00. The fraction of sp³-hybridized carbons (Fsp3) is 0.350. The van der Waals surface area contributed by atoms with Crippen molar-refractivity contribution in [2.24, 2.45) is 0 Å². The number of hydrogen-bond acceptors (Lipinski definition) is 5. The van der Waals surface area contributed by atoms with Crippen LogP contribution in [0.15, 0.2) is 48.5 Å². The maximum Gasteiger partial charge on any atom is 0.243 e. The lowest BCUT2D eigenvalue weighted by atomic mass is 10.1. The van der Waals surface area contributed by atoms with Gasteiger partial charge in [-0.05, 0) is 29.7 Å². The first-order chi connectivity index (χ1) is 13.3. The minimum atomic E-state index is -3.55. The molecule has 0 radical (unpaired) electrons. The van der Waals surface area contributed by atoms with Gasteiger partial charge in [-0.3, -0.25) is 4.79 Å². The molecule has 0 saturated heterocycles. The molecule has 0 aromatic heterocycles. The molecular formula is C20H26N2O5S. The number of rotatable bonds is 9. The zero-order valence-electron chi connectivity index (χ0n) is 16.5. The van der Waals surface area contributed by atoms with E-state index in [4.69, 9.17) is 9.47 Å². The maximum absolute atomic E-state index is 12.8. The van der Waals surface area contributed by atoms with Gasteiger partial charge in [-0.25, -0.2) is 8.42 Å². The number of carbonyl (C=O) groups is 1. The first kappa shape index (κ1) is 21.7. The Morgan fingerprint density at radius 1 is 1.07 bits per heavy atom. The lowest BCUT2D eigenvalue weighted by molar-refractivity contribution is -0.124. The standard InChI is InChI=1S/C20H26N2O5S/c1-22(28(4,24)25)19(16-8-6-5-7-9-16)20(23)21-13-12-15-10-11-17(26-2)18(14-15)27-3/h5-11,14,19H,12-13H2,1-4H3,(H,21,23)/t19-/m0/s1. The minimum Gasteiger partial charge on any atom is -0.493 e. The van der Waals surface area contributed by atoms with Crippen LogP contribution in [0.1, 0.15) is 17.2 Å². The van der Waals surface area contributed by atoms with E-state index in [1.165, 1.54) is 7.05 Å². The molecule has 0 saturated carbocycles. The molecule has 0 aliphatic carbocycles. The number of ether oxygens (including phenoxy) is 2. The lowest BCUT2D eigenvalue weighted by Crippen LogP contribution is -2.41. The van der Waals surface area contributed by atoms with E-state index in [-0.39, 0.29) is 5.91 Å². The van der Waals surface area contributed by atoms with Crippen LogP contribution in [-0.2, 0) is 21.2 Å². The van der Waals surface area contributed by atoms with Crippen molar-refractivity contribution in [1.29, 1.82) is 0 Å². The van der Waals surface area contributed by atoms with Gasteiger partial charge in [0, 0.05) is 13.6 Å². The van der Waals surface area contributed by atoms with Gasteiger partial charge in [0.1, 0.15) is 6.04 Å². The van der Waals surface area contributed by atoms with Gasteiger partial charge in [0.25, 0.3) is 0 Å². The molecule has 0 aliphatic heterocycles. The average molecular weight is 407 g/mol. The first-order valence-electron chi connectivity index (χ1n) is 8.74. The number of carbonyl (C=O) groups excluding carboxylic acids is 1. The van der Waals surface area contributed by atoms with Crippen LogP contribution >= 0.6 is 0 Å². The number of amides is 1. The highest BCUT2D eigenvalue weighted by molar-refractivity contribution is 7.88. The second kappa shape index (κ2) is 9.57. The highest BCUT2D eigenvalue weighted by Gasteiger charge is 2.30. The number of nitrogens with one attached hydrogen (secondary N) is 1. The van der Waals surface area contributed by atoms with E-state index < -0.39 is 16.1 Å². The summed E-state index contributed by atoms with van der Waals surface area (Å²) in [4.78, 5) is 12.8. The van der Waals surface area contributed by atoms with Crippen LogP contribution in [0.4, 0.5) is 0 Å². The highest BCUT2D eigenvalue weighted by Crippen LogP contribution is 2.27. The van der Waals surface area contributed by atoms with Crippen molar-refractivity contribution in [2.75, 3.05) is 34.1 Å². The number of methoxy groups -OCH3 is 2. The Morgan fingerprint density at radius 3 is 2.29 bits per heavy atom. The van der Waals surface area contributed by atoms with E-state index in [1.54, 1.807) is 44.6 Å². The molecule has 0 bridgehead atoms. The molecule has 152 valence electrons. The monoisotopic (exact) mass is 406 g/mol. The Labute approximate surface area is 166 Å². The van der Waals surface area contributed by atoms with Gasteiger partial charge >= 0.3 is 0 Å². The molecule has 0 heterocycles. The van der Waals surface area contributed by atoms with E-state index in [9.17, 15) is 13.2 Å². The topological polar surface area (TPSA) is 84.9 Å².